The molecule has 17 heavy (non-hydrogen) atoms. The van der Waals surface area contributed by atoms with Crippen LogP contribution >= 0.6 is 23.2 Å². The molecule has 0 spiro atoms. The van der Waals surface area contributed by atoms with Gasteiger partial charge in [0.1, 0.15) is 10.3 Å². The molecule has 0 unspecified atom stereocenters. The fourth-order valence-corrected chi connectivity index (χ4v) is 1.31. The van der Waals surface area contributed by atoms with E-state index >= 15 is 0 Å². The lowest BCUT2D eigenvalue weighted by atomic mass is 10.2. The van der Waals surface area contributed by atoms with Gasteiger partial charge in [0, 0.05) is 11.8 Å². The molecule has 0 saturated carbocycles. The van der Waals surface area contributed by atoms with E-state index in [-0.39, 0.29) is 10.9 Å². The van der Waals surface area contributed by atoms with Crippen molar-refractivity contribution in [2.24, 2.45) is 0 Å². The van der Waals surface area contributed by atoms with Crippen LogP contribution in [0.5, 0.6) is 0 Å². The van der Waals surface area contributed by atoms with Crippen molar-refractivity contribution >= 4 is 40.6 Å². The minimum Gasteiger partial charge on any atom is -0.326 e. The number of carbonyl (C=O) groups excluding carboxylic acids is 2. The van der Waals surface area contributed by atoms with Crippen molar-refractivity contribution in [1.29, 1.82) is 0 Å². The number of allylic oxidation sites excluding steroid dienone is 1. The quantitative estimate of drug-likeness (QED) is 0.678. The fourth-order valence-electron chi connectivity index (χ4n) is 1.07. The lowest BCUT2D eigenvalue weighted by molar-refractivity contribution is -0.122. The average Bonchev–Trinajstić information content (AvgIpc) is 2.19. The van der Waals surface area contributed by atoms with Crippen LogP contribution in [0.3, 0.4) is 0 Å². The topological polar surface area (TPSA) is 46.2 Å². The number of halogens is 3. The van der Waals surface area contributed by atoms with E-state index in [1.807, 2.05) is 0 Å². The van der Waals surface area contributed by atoms with Gasteiger partial charge in [-0.25, -0.2) is 4.39 Å². The lowest BCUT2D eigenvalue weighted by Crippen LogP contribution is -2.15. The Labute approximate surface area is 107 Å². The van der Waals surface area contributed by atoms with Gasteiger partial charge in [0.05, 0.1) is 6.42 Å². The summed E-state index contributed by atoms with van der Waals surface area (Å²) in [5.41, 5.74) is 0.408. The summed E-state index contributed by atoms with van der Waals surface area (Å²) in [5.74, 6) is -1.44. The van der Waals surface area contributed by atoms with Gasteiger partial charge in [-0.3, -0.25) is 9.59 Å². The van der Waals surface area contributed by atoms with Gasteiger partial charge in [0.15, 0.2) is 5.78 Å². The number of hydrogen-bond acceptors (Lipinski definition) is 2. The van der Waals surface area contributed by atoms with Crippen molar-refractivity contribution in [2.75, 3.05) is 5.32 Å². The van der Waals surface area contributed by atoms with Crippen molar-refractivity contribution in [2.45, 2.75) is 6.42 Å². The van der Waals surface area contributed by atoms with E-state index in [9.17, 15) is 14.0 Å². The van der Waals surface area contributed by atoms with Gasteiger partial charge >= 0.3 is 0 Å². The molecule has 1 aromatic rings. The van der Waals surface area contributed by atoms with Crippen LogP contribution in [0.15, 0.2) is 34.8 Å². The van der Waals surface area contributed by atoms with E-state index in [0.717, 1.165) is 6.08 Å². The number of hydrogen-bond donors (Lipinski definition) is 1. The predicted octanol–water partition coefficient (Wildman–Crippen LogP) is 3.04. The maximum Gasteiger partial charge on any atom is 0.232 e. The zero-order valence-corrected chi connectivity index (χ0v) is 10.1. The van der Waals surface area contributed by atoms with Gasteiger partial charge in [-0.2, -0.15) is 0 Å². The Hall–Kier alpha value is -1.39. The standard InChI is InChI=1S/C11H8Cl2FNO2/c12-10(13)5-9(16)6-11(17)15-8-3-1-7(14)2-4-8/h1-5H,6H2,(H,15,17). The summed E-state index contributed by atoms with van der Waals surface area (Å²) in [4.78, 5) is 22.5. The van der Waals surface area contributed by atoms with Gasteiger partial charge in [-0.1, -0.05) is 23.2 Å². The normalized spacial score (nSPS) is 9.59. The molecule has 0 aliphatic rings. The number of carbonyl (C=O) groups is 2. The summed E-state index contributed by atoms with van der Waals surface area (Å²) in [6.45, 7) is 0. The number of amides is 1. The first-order valence-electron chi connectivity index (χ1n) is 4.58. The monoisotopic (exact) mass is 275 g/mol. The third-order valence-electron chi connectivity index (χ3n) is 1.73. The first kappa shape index (κ1) is 13.7. The summed E-state index contributed by atoms with van der Waals surface area (Å²) in [5, 5.41) is 2.43. The van der Waals surface area contributed by atoms with Crippen LogP contribution in [0.4, 0.5) is 10.1 Å². The van der Waals surface area contributed by atoms with Gasteiger partial charge in [0.25, 0.3) is 0 Å². The highest BCUT2D eigenvalue weighted by Gasteiger charge is 2.08. The minimum absolute atomic E-state index is 0.204. The zero-order chi connectivity index (χ0) is 12.8. The van der Waals surface area contributed by atoms with Crippen LogP contribution in [0.1, 0.15) is 6.42 Å². The van der Waals surface area contributed by atoms with Crippen LogP contribution in [0.2, 0.25) is 0 Å². The SMILES string of the molecule is O=C(C=C(Cl)Cl)CC(=O)Nc1ccc(F)cc1. The van der Waals surface area contributed by atoms with Crippen LogP contribution in [0, 0.1) is 5.82 Å². The number of anilines is 1. The van der Waals surface area contributed by atoms with Crippen LogP contribution < -0.4 is 5.32 Å². The molecule has 1 rings (SSSR count). The smallest absolute Gasteiger partial charge is 0.232 e. The summed E-state index contributed by atoms with van der Waals surface area (Å²) >= 11 is 10.5. The minimum atomic E-state index is -0.521. The Morgan fingerprint density at radius 3 is 2.35 bits per heavy atom. The van der Waals surface area contributed by atoms with E-state index < -0.39 is 17.5 Å². The summed E-state index contributed by atoms with van der Waals surface area (Å²) in [6.07, 6.45) is 0.577. The Morgan fingerprint density at radius 2 is 1.82 bits per heavy atom. The summed E-state index contributed by atoms with van der Waals surface area (Å²) in [6, 6.07) is 5.18. The molecule has 1 amide bonds. The second-order valence-corrected chi connectivity index (χ2v) is 4.14. The zero-order valence-electron chi connectivity index (χ0n) is 8.54. The average molecular weight is 276 g/mol. The highest BCUT2D eigenvalue weighted by molar-refractivity contribution is 6.56. The first-order valence-corrected chi connectivity index (χ1v) is 5.34. The van der Waals surface area contributed by atoms with Crippen LogP contribution in [-0.4, -0.2) is 11.7 Å². The van der Waals surface area contributed by atoms with E-state index in [1.54, 1.807) is 0 Å². The molecular formula is C11H8Cl2FNO2. The van der Waals surface area contributed by atoms with E-state index in [4.69, 9.17) is 23.2 Å². The van der Waals surface area contributed by atoms with Crippen molar-refractivity contribution in [3.63, 3.8) is 0 Å². The molecule has 3 nitrogen and oxygen atoms in total. The number of ketones is 1. The molecule has 1 N–H and O–H groups in total. The van der Waals surface area contributed by atoms with Gasteiger partial charge in [-0.05, 0) is 24.3 Å². The molecule has 0 radical (unpaired) electrons. The fraction of sp³-hybridized carbons (Fsp3) is 0.0909. The molecular weight excluding hydrogens is 268 g/mol. The molecule has 0 heterocycles. The van der Waals surface area contributed by atoms with Crippen molar-refractivity contribution in [3.05, 3.63) is 40.7 Å². The summed E-state index contributed by atoms with van der Waals surface area (Å²) < 4.78 is 12.4. The Morgan fingerprint density at radius 1 is 1.24 bits per heavy atom. The first-order chi connectivity index (χ1) is 7.97. The molecule has 0 saturated heterocycles. The largest absolute Gasteiger partial charge is 0.326 e. The third-order valence-corrected chi connectivity index (χ3v) is 1.95. The Kier molecular flexibility index (Phi) is 5.12. The van der Waals surface area contributed by atoms with Crippen LogP contribution in [-0.2, 0) is 9.59 Å². The molecule has 90 valence electrons. The van der Waals surface area contributed by atoms with Crippen molar-refractivity contribution < 1.29 is 14.0 Å². The second-order valence-electron chi connectivity index (χ2n) is 3.13. The van der Waals surface area contributed by atoms with Gasteiger partial charge in [0.2, 0.25) is 5.91 Å². The van der Waals surface area contributed by atoms with E-state index in [1.165, 1.54) is 24.3 Å². The third kappa shape index (κ3) is 5.47. The Bertz CT molecular complexity index is 453. The number of rotatable bonds is 4. The number of nitrogens with one attached hydrogen (secondary N) is 1. The highest BCUT2D eigenvalue weighted by atomic mass is 35.5. The molecule has 0 aliphatic carbocycles. The molecule has 0 bridgehead atoms. The predicted molar refractivity (Wildman–Crippen MR) is 64.4 cm³/mol. The molecule has 0 fully saturated rings. The molecule has 1 aromatic carbocycles. The highest BCUT2D eigenvalue weighted by Crippen LogP contribution is 2.10. The maximum atomic E-state index is 12.6. The van der Waals surface area contributed by atoms with Crippen molar-refractivity contribution in [3.8, 4) is 0 Å². The van der Waals surface area contributed by atoms with Gasteiger partial charge in [-0.15, -0.1) is 0 Å². The van der Waals surface area contributed by atoms with E-state index in [0.29, 0.717) is 5.69 Å². The molecule has 0 aromatic heterocycles. The van der Waals surface area contributed by atoms with Gasteiger partial charge < -0.3 is 5.32 Å². The van der Waals surface area contributed by atoms with Crippen LogP contribution in [0.25, 0.3) is 0 Å². The van der Waals surface area contributed by atoms with E-state index in [2.05, 4.69) is 5.32 Å². The number of benzene rings is 1. The second kappa shape index (κ2) is 6.37. The Balaban J connectivity index is 2.53. The molecule has 6 heteroatoms. The summed E-state index contributed by atoms with van der Waals surface area (Å²) in [7, 11) is 0. The maximum absolute atomic E-state index is 12.6. The molecule has 0 atom stereocenters. The lowest BCUT2D eigenvalue weighted by Gasteiger charge is -2.03. The van der Waals surface area contributed by atoms with Crippen molar-refractivity contribution in [1.82, 2.24) is 0 Å². The molecule has 0 aliphatic heterocycles.